The van der Waals surface area contributed by atoms with Gasteiger partial charge in [0, 0.05) is 32.2 Å². The SMILES string of the molecule is CC(C)CC(CNC1CCC2CN(Cc3ccccc3)CC21)C(=O)O. The minimum atomic E-state index is -0.659. The van der Waals surface area contributed by atoms with E-state index in [1.54, 1.807) is 0 Å². The van der Waals surface area contributed by atoms with Gasteiger partial charge >= 0.3 is 5.97 Å². The Morgan fingerprint density at radius 3 is 2.68 bits per heavy atom. The Hall–Kier alpha value is -1.39. The number of likely N-dealkylation sites (tertiary alicyclic amines) is 1. The highest BCUT2D eigenvalue weighted by Gasteiger charge is 2.42. The summed E-state index contributed by atoms with van der Waals surface area (Å²) in [6, 6.07) is 11.2. The van der Waals surface area contributed by atoms with Crippen molar-refractivity contribution in [1.29, 1.82) is 0 Å². The minimum Gasteiger partial charge on any atom is -0.481 e. The molecule has 0 bridgehead atoms. The Kier molecular flexibility index (Phi) is 6.13. The van der Waals surface area contributed by atoms with Crippen LogP contribution < -0.4 is 5.32 Å². The summed E-state index contributed by atoms with van der Waals surface area (Å²) in [6.07, 6.45) is 3.22. The van der Waals surface area contributed by atoms with Gasteiger partial charge in [0.25, 0.3) is 0 Å². The molecule has 1 saturated heterocycles. The zero-order valence-corrected chi connectivity index (χ0v) is 15.5. The Morgan fingerprint density at radius 2 is 2.00 bits per heavy atom. The predicted molar refractivity (Wildman–Crippen MR) is 100 cm³/mol. The molecule has 1 aromatic rings. The van der Waals surface area contributed by atoms with Gasteiger partial charge in [0.2, 0.25) is 0 Å². The summed E-state index contributed by atoms with van der Waals surface area (Å²) < 4.78 is 0. The largest absolute Gasteiger partial charge is 0.481 e. The summed E-state index contributed by atoms with van der Waals surface area (Å²) in [5, 5.41) is 13.1. The molecule has 0 amide bonds. The van der Waals surface area contributed by atoms with Gasteiger partial charge < -0.3 is 10.4 Å². The molecular formula is C21H32N2O2. The van der Waals surface area contributed by atoms with Crippen molar-refractivity contribution in [1.82, 2.24) is 10.2 Å². The topological polar surface area (TPSA) is 52.6 Å². The van der Waals surface area contributed by atoms with E-state index in [9.17, 15) is 9.90 Å². The van der Waals surface area contributed by atoms with E-state index in [0.717, 1.165) is 25.4 Å². The van der Waals surface area contributed by atoms with Gasteiger partial charge in [-0.05, 0) is 42.6 Å². The van der Waals surface area contributed by atoms with E-state index in [2.05, 4.69) is 54.4 Å². The van der Waals surface area contributed by atoms with Crippen LogP contribution in [0.4, 0.5) is 0 Å². The van der Waals surface area contributed by atoms with Crippen molar-refractivity contribution in [3.63, 3.8) is 0 Å². The lowest BCUT2D eigenvalue weighted by Gasteiger charge is -2.24. The molecule has 138 valence electrons. The molecule has 4 heteroatoms. The lowest BCUT2D eigenvalue weighted by molar-refractivity contribution is -0.142. The Labute approximate surface area is 151 Å². The molecule has 25 heavy (non-hydrogen) atoms. The van der Waals surface area contributed by atoms with Gasteiger partial charge in [-0.2, -0.15) is 0 Å². The number of hydrogen-bond acceptors (Lipinski definition) is 3. The highest BCUT2D eigenvalue weighted by Crippen LogP contribution is 2.38. The van der Waals surface area contributed by atoms with E-state index >= 15 is 0 Å². The zero-order valence-electron chi connectivity index (χ0n) is 15.5. The number of carboxylic acid groups (broad SMARTS) is 1. The second-order valence-electron chi connectivity index (χ2n) is 8.36. The number of fused-ring (bicyclic) bond motifs is 1. The van der Waals surface area contributed by atoms with Crippen LogP contribution in [-0.2, 0) is 11.3 Å². The van der Waals surface area contributed by atoms with Crippen LogP contribution in [-0.4, -0.2) is 41.7 Å². The predicted octanol–water partition coefficient (Wildman–Crippen LogP) is 3.23. The van der Waals surface area contributed by atoms with E-state index < -0.39 is 5.97 Å². The molecule has 1 aromatic carbocycles. The fourth-order valence-corrected chi connectivity index (χ4v) is 4.72. The highest BCUT2D eigenvalue weighted by molar-refractivity contribution is 5.70. The first-order chi connectivity index (χ1) is 12.0. The van der Waals surface area contributed by atoms with Crippen molar-refractivity contribution in [2.75, 3.05) is 19.6 Å². The number of benzene rings is 1. The molecule has 0 radical (unpaired) electrons. The third-order valence-electron chi connectivity index (χ3n) is 5.91. The molecule has 0 spiro atoms. The molecule has 1 aliphatic carbocycles. The van der Waals surface area contributed by atoms with E-state index in [-0.39, 0.29) is 5.92 Å². The van der Waals surface area contributed by atoms with Gasteiger partial charge in [0.15, 0.2) is 0 Å². The lowest BCUT2D eigenvalue weighted by atomic mass is 9.95. The third kappa shape index (κ3) is 4.83. The number of hydrogen-bond donors (Lipinski definition) is 2. The van der Waals surface area contributed by atoms with Crippen LogP contribution in [0.1, 0.15) is 38.7 Å². The van der Waals surface area contributed by atoms with Crippen LogP contribution >= 0.6 is 0 Å². The van der Waals surface area contributed by atoms with Crippen LogP contribution in [0.3, 0.4) is 0 Å². The second kappa shape index (κ2) is 8.33. The molecule has 2 aliphatic rings. The normalized spacial score (nSPS) is 27.6. The maximum absolute atomic E-state index is 11.5. The first-order valence-electron chi connectivity index (χ1n) is 9.75. The van der Waals surface area contributed by atoms with E-state index in [4.69, 9.17) is 0 Å². The molecule has 3 rings (SSSR count). The quantitative estimate of drug-likeness (QED) is 0.760. The van der Waals surface area contributed by atoms with Gasteiger partial charge in [-0.1, -0.05) is 44.2 Å². The summed E-state index contributed by atoms with van der Waals surface area (Å²) >= 11 is 0. The monoisotopic (exact) mass is 344 g/mol. The summed E-state index contributed by atoms with van der Waals surface area (Å²) in [6.45, 7) is 8.16. The van der Waals surface area contributed by atoms with Crippen LogP contribution in [0.25, 0.3) is 0 Å². The summed E-state index contributed by atoms with van der Waals surface area (Å²) in [7, 11) is 0. The second-order valence-corrected chi connectivity index (χ2v) is 8.36. The molecular weight excluding hydrogens is 312 g/mol. The number of carboxylic acids is 1. The van der Waals surface area contributed by atoms with Gasteiger partial charge in [0.1, 0.15) is 0 Å². The van der Waals surface area contributed by atoms with Crippen LogP contribution in [0, 0.1) is 23.7 Å². The van der Waals surface area contributed by atoms with Gasteiger partial charge in [-0.3, -0.25) is 9.69 Å². The smallest absolute Gasteiger partial charge is 0.307 e. The Bertz CT molecular complexity index is 560. The van der Waals surface area contributed by atoms with Crippen molar-refractivity contribution >= 4 is 5.97 Å². The molecule has 2 fully saturated rings. The Morgan fingerprint density at radius 1 is 1.24 bits per heavy atom. The summed E-state index contributed by atoms with van der Waals surface area (Å²) in [5.74, 6) is 0.951. The standard InChI is InChI=1S/C21H32N2O2/c1-15(2)10-18(21(24)25)11-22-20-9-8-17-13-23(14-19(17)20)12-16-6-4-3-5-7-16/h3-7,15,17-20,22H,8-14H2,1-2H3,(H,24,25). The van der Waals surface area contributed by atoms with Crippen LogP contribution in [0.5, 0.6) is 0 Å². The first kappa shape index (κ1) is 18.4. The van der Waals surface area contributed by atoms with E-state index in [1.807, 2.05) is 0 Å². The number of aliphatic carboxylic acids is 1. The third-order valence-corrected chi connectivity index (χ3v) is 5.91. The summed E-state index contributed by atoms with van der Waals surface area (Å²) in [4.78, 5) is 14.0. The summed E-state index contributed by atoms with van der Waals surface area (Å²) in [5.41, 5.74) is 1.38. The molecule has 4 nitrogen and oxygen atoms in total. The van der Waals surface area contributed by atoms with E-state index in [1.165, 1.54) is 24.9 Å². The lowest BCUT2D eigenvalue weighted by Crippen LogP contribution is -2.40. The van der Waals surface area contributed by atoms with E-state index in [0.29, 0.717) is 24.4 Å². The van der Waals surface area contributed by atoms with Crippen LogP contribution in [0.2, 0.25) is 0 Å². The zero-order chi connectivity index (χ0) is 17.8. The maximum Gasteiger partial charge on any atom is 0.307 e. The molecule has 1 heterocycles. The van der Waals surface area contributed by atoms with Crippen molar-refractivity contribution in [2.24, 2.45) is 23.7 Å². The van der Waals surface area contributed by atoms with Crippen molar-refractivity contribution < 1.29 is 9.90 Å². The van der Waals surface area contributed by atoms with Crippen molar-refractivity contribution in [3.8, 4) is 0 Å². The number of carbonyl (C=O) groups is 1. The van der Waals surface area contributed by atoms with Crippen molar-refractivity contribution in [3.05, 3.63) is 35.9 Å². The molecule has 2 N–H and O–H groups in total. The molecule has 1 aliphatic heterocycles. The number of rotatable bonds is 8. The first-order valence-corrected chi connectivity index (χ1v) is 9.75. The molecule has 4 unspecified atom stereocenters. The maximum atomic E-state index is 11.5. The Balaban J connectivity index is 1.51. The molecule has 4 atom stereocenters. The van der Waals surface area contributed by atoms with Gasteiger partial charge in [0.05, 0.1) is 5.92 Å². The minimum absolute atomic E-state index is 0.263. The highest BCUT2D eigenvalue weighted by atomic mass is 16.4. The average molecular weight is 344 g/mol. The number of nitrogens with zero attached hydrogens (tertiary/aromatic N) is 1. The molecule has 1 saturated carbocycles. The fourth-order valence-electron chi connectivity index (χ4n) is 4.72. The van der Waals surface area contributed by atoms with Gasteiger partial charge in [-0.15, -0.1) is 0 Å². The van der Waals surface area contributed by atoms with Crippen LogP contribution in [0.15, 0.2) is 30.3 Å². The van der Waals surface area contributed by atoms with Gasteiger partial charge in [-0.25, -0.2) is 0 Å². The average Bonchev–Trinajstić information content (AvgIpc) is 3.12. The number of nitrogens with one attached hydrogen (secondary N) is 1. The van der Waals surface area contributed by atoms with Crippen molar-refractivity contribution in [2.45, 2.75) is 45.7 Å². The molecule has 0 aromatic heterocycles. The fraction of sp³-hybridized carbons (Fsp3) is 0.667.